The Morgan fingerprint density at radius 1 is 1.69 bits per heavy atom. The highest BCUT2D eigenvalue weighted by molar-refractivity contribution is 8.14. The van der Waals surface area contributed by atoms with Gasteiger partial charge in [-0.1, -0.05) is 11.8 Å². The first-order chi connectivity index (χ1) is 6.11. The first-order valence-corrected chi connectivity index (χ1v) is 4.67. The lowest BCUT2D eigenvalue weighted by Crippen LogP contribution is -2.26. The minimum absolute atomic E-state index is 0.0948. The molecule has 1 aliphatic rings. The second-order valence-electron chi connectivity index (χ2n) is 2.60. The Kier molecular flexibility index (Phi) is 3.50. The SMILES string of the molecule is CC(=O)SC1COCC=C1C(=O)O. The van der Waals surface area contributed by atoms with Crippen molar-refractivity contribution in [3.8, 4) is 0 Å². The summed E-state index contributed by atoms with van der Waals surface area (Å²) in [5, 5.41) is 8.32. The van der Waals surface area contributed by atoms with Crippen LogP contribution in [0, 0.1) is 0 Å². The van der Waals surface area contributed by atoms with E-state index < -0.39 is 5.97 Å². The van der Waals surface area contributed by atoms with Gasteiger partial charge in [-0.25, -0.2) is 4.79 Å². The summed E-state index contributed by atoms with van der Waals surface area (Å²) in [5.74, 6) is -0.970. The van der Waals surface area contributed by atoms with Crippen LogP contribution in [0.15, 0.2) is 11.6 Å². The minimum atomic E-state index is -0.970. The molecule has 1 heterocycles. The molecule has 0 aromatic carbocycles. The van der Waals surface area contributed by atoms with Crippen molar-refractivity contribution in [3.05, 3.63) is 11.6 Å². The molecular formula is C8H10O4S. The van der Waals surface area contributed by atoms with E-state index in [1.807, 2.05) is 0 Å². The van der Waals surface area contributed by atoms with E-state index in [2.05, 4.69) is 0 Å². The van der Waals surface area contributed by atoms with Crippen LogP contribution in [0.1, 0.15) is 6.92 Å². The number of hydrogen-bond acceptors (Lipinski definition) is 4. The number of thioether (sulfide) groups is 1. The predicted octanol–water partition coefficient (Wildman–Crippen LogP) is 0.676. The highest BCUT2D eigenvalue weighted by atomic mass is 32.2. The van der Waals surface area contributed by atoms with Crippen molar-refractivity contribution in [2.45, 2.75) is 12.2 Å². The van der Waals surface area contributed by atoms with E-state index >= 15 is 0 Å². The molecule has 13 heavy (non-hydrogen) atoms. The number of rotatable bonds is 2. The summed E-state index contributed by atoms with van der Waals surface area (Å²) >= 11 is 0.999. The largest absolute Gasteiger partial charge is 0.478 e. The number of carboxylic acid groups (broad SMARTS) is 1. The van der Waals surface area contributed by atoms with Gasteiger partial charge in [0.1, 0.15) is 0 Å². The second-order valence-corrected chi connectivity index (χ2v) is 3.98. The molecule has 0 aromatic rings. The molecule has 0 saturated heterocycles. The van der Waals surface area contributed by atoms with Gasteiger partial charge in [-0.3, -0.25) is 4.79 Å². The Labute approximate surface area is 80.0 Å². The molecule has 0 saturated carbocycles. The second kappa shape index (κ2) is 4.43. The summed E-state index contributed by atoms with van der Waals surface area (Å²) in [6, 6.07) is 0. The molecule has 1 aliphatic heterocycles. The molecule has 4 nitrogen and oxygen atoms in total. The molecule has 0 aliphatic carbocycles. The van der Waals surface area contributed by atoms with E-state index in [0.29, 0.717) is 13.2 Å². The van der Waals surface area contributed by atoms with Crippen molar-refractivity contribution in [1.29, 1.82) is 0 Å². The van der Waals surface area contributed by atoms with Crippen LogP contribution in [0.25, 0.3) is 0 Å². The average Bonchev–Trinajstić information content (AvgIpc) is 2.03. The summed E-state index contributed by atoms with van der Waals surface area (Å²) in [5.41, 5.74) is 0.270. The third-order valence-corrected chi connectivity index (χ3v) is 2.60. The van der Waals surface area contributed by atoms with Gasteiger partial charge in [0, 0.05) is 6.92 Å². The molecule has 1 atom stereocenters. The molecule has 0 aromatic heterocycles. The zero-order valence-corrected chi connectivity index (χ0v) is 7.97. The van der Waals surface area contributed by atoms with Crippen LogP contribution in [0.3, 0.4) is 0 Å². The lowest BCUT2D eigenvalue weighted by molar-refractivity contribution is -0.133. The van der Waals surface area contributed by atoms with E-state index in [1.54, 1.807) is 0 Å². The molecule has 5 heteroatoms. The number of carboxylic acids is 1. The van der Waals surface area contributed by atoms with Gasteiger partial charge in [0.05, 0.1) is 24.0 Å². The molecule has 72 valence electrons. The number of ether oxygens (including phenoxy) is 1. The molecule has 0 amide bonds. The fourth-order valence-electron chi connectivity index (χ4n) is 1.07. The van der Waals surface area contributed by atoms with Crippen molar-refractivity contribution >= 4 is 22.8 Å². The Balaban J connectivity index is 2.70. The van der Waals surface area contributed by atoms with Crippen molar-refractivity contribution < 1.29 is 19.4 Å². The molecule has 1 unspecified atom stereocenters. The van der Waals surface area contributed by atoms with Gasteiger partial charge in [0.25, 0.3) is 0 Å². The molecule has 0 radical (unpaired) electrons. The van der Waals surface area contributed by atoms with Gasteiger partial charge >= 0.3 is 5.97 Å². The van der Waals surface area contributed by atoms with Crippen molar-refractivity contribution in [3.63, 3.8) is 0 Å². The van der Waals surface area contributed by atoms with Crippen molar-refractivity contribution in [1.82, 2.24) is 0 Å². The van der Waals surface area contributed by atoms with E-state index in [1.165, 1.54) is 13.0 Å². The number of hydrogen-bond donors (Lipinski definition) is 1. The maximum Gasteiger partial charge on any atom is 0.332 e. The number of aliphatic carboxylic acids is 1. The lowest BCUT2D eigenvalue weighted by atomic mass is 10.1. The van der Waals surface area contributed by atoms with E-state index in [4.69, 9.17) is 9.84 Å². The molecule has 0 spiro atoms. The van der Waals surface area contributed by atoms with Gasteiger partial charge in [-0.2, -0.15) is 0 Å². The third kappa shape index (κ3) is 2.86. The molecular weight excluding hydrogens is 192 g/mol. The standard InChI is InChI=1S/C8H10O4S/c1-5(9)13-7-4-12-3-2-6(7)8(10)11/h2,7H,3-4H2,1H3,(H,10,11). The van der Waals surface area contributed by atoms with Crippen LogP contribution in [0.5, 0.6) is 0 Å². The van der Waals surface area contributed by atoms with Gasteiger partial charge < -0.3 is 9.84 Å². The quantitative estimate of drug-likeness (QED) is 0.713. The fraction of sp³-hybridized carbons (Fsp3) is 0.500. The van der Waals surface area contributed by atoms with Gasteiger partial charge in [0.15, 0.2) is 5.12 Å². The van der Waals surface area contributed by atoms with E-state index in [-0.39, 0.29) is 15.9 Å². The molecule has 1 N–H and O–H groups in total. The zero-order chi connectivity index (χ0) is 9.84. The Morgan fingerprint density at radius 2 is 2.38 bits per heavy atom. The summed E-state index contributed by atoms with van der Waals surface area (Å²) in [7, 11) is 0. The van der Waals surface area contributed by atoms with Crippen LogP contribution in [0.2, 0.25) is 0 Å². The van der Waals surface area contributed by atoms with Crippen LogP contribution < -0.4 is 0 Å². The summed E-state index contributed by atoms with van der Waals surface area (Å²) in [6.07, 6.45) is 1.51. The number of carbonyl (C=O) groups is 2. The Bertz CT molecular complexity index is 259. The monoisotopic (exact) mass is 202 g/mol. The first kappa shape index (κ1) is 10.3. The normalized spacial score (nSPS) is 22.2. The minimum Gasteiger partial charge on any atom is -0.478 e. The Morgan fingerprint density at radius 3 is 2.92 bits per heavy atom. The third-order valence-electron chi connectivity index (χ3n) is 1.59. The van der Waals surface area contributed by atoms with E-state index in [0.717, 1.165) is 11.8 Å². The molecule has 0 fully saturated rings. The fourth-order valence-corrected chi connectivity index (χ4v) is 1.96. The van der Waals surface area contributed by atoms with Gasteiger partial charge in [-0.05, 0) is 6.08 Å². The average molecular weight is 202 g/mol. The summed E-state index contributed by atoms with van der Waals surface area (Å²) in [4.78, 5) is 21.5. The predicted molar refractivity (Wildman–Crippen MR) is 48.6 cm³/mol. The highest BCUT2D eigenvalue weighted by Crippen LogP contribution is 2.23. The molecule has 1 rings (SSSR count). The number of carbonyl (C=O) groups excluding carboxylic acids is 1. The van der Waals surface area contributed by atoms with Crippen LogP contribution >= 0.6 is 11.8 Å². The molecule has 0 bridgehead atoms. The van der Waals surface area contributed by atoms with E-state index in [9.17, 15) is 9.59 Å². The zero-order valence-electron chi connectivity index (χ0n) is 7.15. The maximum atomic E-state index is 10.8. The lowest BCUT2D eigenvalue weighted by Gasteiger charge is -2.19. The van der Waals surface area contributed by atoms with Crippen LogP contribution in [0.4, 0.5) is 0 Å². The Hall–Kier alpha value is -0.810. The van der Waals surface area contributed by atoms with Gasteiger partial charge in [-0.15, -0.1) is 0 Å². The van der Waals surface area contributed by atoms with Gasteiger partial charge in [0.2, 0.25) is 0 Å². The topological polar surface area (TPSA) is 63.6 Å². The summed E-state index contributed by atoms with van der Waals surface area (Å²) in [6.45, 7) is 2.03. The highest BCUT2D eigenvalue weighted by Gasteiger charge is 2.25. The van der Waals surface area contributed by atoms with Crippen molar-refractivity contribution in [2.75, 3.05) is 13.2 Å². The first-order valence-electron chi connectivity index (χ1n) is 3.79. The maximum absolute atomic E-state index is 10.8. The summed E-state index contributed by atoms with van der Waals surface area (Å²) < 4.78 is 5.05. The smallest absolute Gasteiger partial charge is 0.332 e. The van der Waals surface area contributed by atoms with Crippen molar-refractivity contribution in [2.24, 2.45) is 0 Å². The van der Waals surface area contributed by atoms with Crippen LogP contribution in [-0.4, -0.2) is 34.7 Å². The van der Waals surface area contributed by atoms with Crippen LogP contribution in [-0.2, 0) is 14.3 Å².